The van der Waals surface area contributed by atoms with E-state index >= 15 is 0 Å². The first kappa shape index (κ1) is 28.3. The quantitative estimate of drug-likeness (QED) is 0.381. The van der Waals surface area contributed by atoms with Gasteiger partial charge in [0.25, 0.3) is 0 Å². The molecule has 41 heavy (non-hydrogen) atoms. The van der Waals surface area contributed by atoms with Crippen LogP contribution < -0.4 is 5.32 Å². The standard InChI is InChI=1S/C33H35FN2O5/c1-33(2,3)41-31(38)29-16-9-17-36(29)30(37)28(19-21-10-8-11-22(34)18-21)35-32(39)40-20-27-25-14-6-4-12-23(25)24-13-5-7-15-26(24)27/h4-8,10-15,18,27-29H,9,16-17,19-20H2,1-3H3,(H,35,39)/t28-,29-/m0/s1. The van der Waals surface area contributed by atoms with E-state index in [9.17, 15) is 18.8 Å². The minimum absolute atomic E-state index is 0.0400. The Balaban J connectivity index is 1.32. The van der Waals surface area contributed by atoms with Gasteiger partial charge in [-0.05, 0) is 73.6 Å². The maximum atomic E-state index is 14.0. The lowest BCUT2D eigenvalue weighted by atomic mass is 9.98. The molecular weight excluding hydrogens is 523 g/mol. The number of rotatable bonds is 7. The molecule has 7 nitrogen and oxygen atoms in total. The summed E-state index contributed by atoms with van der Waals surface area (Å²) in [4.78, 5) is 41.3. The Kier molecular flexibility index (Phi) is 8.10. The summed E-state index contributed by atoms with van der Waals surface area (Å²) in [6, 6.07) is 20.1. The van der Waals surface area contributed by atoms with Crippen LogP contribution >= 0.6 is 0 Å². The highest BCUT2D eigenvalue weighted by Crippen LogP contribution is 2.44. The molecular formula is C33H35FN2O5. The zero-order chi connectivity index (χ0) is 29.1. The van der Waals surface area contributed by atoms with E-state index in [1.54, 1.807) is 32.9 Å². The number of esters is 1. The largest absolute Gasteiger partial charge is 0.458 e. The van der Waals surface area contributed by atoms with E-state index in [2.05, 4.69) is 17.4 Å². The molecule has 1 N–H and O–H groups in total. The highest BCUT2D eigenvalue weighted by Gasteiger charge is 2.40. The summed E-state index contributed by atoms with van der Waals surface area (Å²) in [7, 11) is 0. The van der Waals surface area contributed by atoms with E-state index in [-0.39, 0.29) is 18.9 Å². The molecule has 3 aromatic carbocycles. The predicted molar refractivity (Wildman–Crippen MR) is 153 cm³/mol. The highest BCUT2D eigenvalue weighted by molar-refractivity contribution is 5.90. The molecule has 1 heterocycles. The zero-order valence-corrected chi connectivity index (χ0v) is 23.6. The Morgan fingerprint density at radius 3 is 2.27 bits per heavy atom. The number of alkyl carbamates (subject to hydrolysis) is 1. The molecule has 8 heteroatoms. The smallest absolute Gasteiger partial charge is 0.407 e. The van der Waals surface area contributed by atoms with Crippen molar-refractivity contribution in [2.75, 3.05) is 13.2 Å². The fraction of sp³-hybridized carbons (Fsp3) is 0.364. The minimum Gasteiger partial charge on any atom is -0.458 e. The maximum Gasteiger partial charge on any atom is 0.407 e. The number of ether oxygens (including phenoxy) is 2. The van der Waals surface area contributed by atoms with Crippen LogP contribution in [-0.4, -0.2) is 53.7 Å². The van der Waals surface area contributed by atoms with E-state index in [0.717, 1.165) is 22.3 Å². The van der Waals surface area contributed by atoms with Gasteiger partial charge in [0.1, 0.15) is 30.1 Å². The lowest BCUT2D eigenvalue weighted by Crippen LogP contribution is -2.53. The van der Waals surface area contributed by atoms with Crippen LogP contribution in [0.15, 0.2) is 72.8 Å². The van der Waals surface area contributed by atoms with Crippen molar-refractivity contribution in [3.8, 4) is 11.1 Å². The van der Waals surface area contributed by atoms with E-state index in [1.807, 2.05) is 36.4 Å². The lowest BCUT2D eigenvalue weighted by Gasteiger charge is -2.30. The van der Waals surface area contributed by atoms with E-state index in [1.165, 1.54) is 17.0 Å². The molecule has 214 valence electrons. The van der Waals surface area contributed by atoms with Crippen molar-refractivity contribution in [3.05, 3.63) is 95.3 Å². The number of hydrogen-bond donors (Lipinski definition) is 1. The van der Waals surface area contributed by atoms with Gasteiger partial charge in [-0.3, -0.25) is 4.79 Å². The van der Waals surface area contributed by atoms with Crippen LogP contribution in [-0.2, 0) is 25.5 Å². The molecule has 2 atom stereocenters. The number of nitrogens with one attached hydrogen (secondary N) is 1. The van der Waals surface area contributed by atoms with Gasteiger partial charge in [0.2, 0.25) is 5.91 Å². The molecule has 0 aromatic heterocycles. The Labute approximate surface area is 239 Å². The highest BCUT2D eigenvalue weighted by atomic mass is 19.1. The molecule has 2 aliphatic rings. The van der Waals surface area contributed by atoms with Gasteiger partial charge in [-0.2, -0.15) is 0 Å². The summed E-state index contributed by atoms with van der Waals surface area (Å²) < 4.78 is 25.2. The fourth-order valence-corrected chi connectivity index (χ4v) is 5.73. The lowest BCUT2D eigenvalue weighted by molar-refractivity contribution is -0.163. The predicted octanol–water partition coefficient (Wildman–Crippen LogP) is 5.61. The number of hydrogen-bond acceptors (Lipinski definition) is 5. The third-order valence-electron chi connectivity index (χ3n) is 7.48. The van der Waals surface area contributed by atoms with Crippen LogP contribution in [0.25, 0.3) is 11.1 Å². The van der Waals surface area contributed by atoms with Crippen LogP contribution in [0, 0.1) is 5.82 Å². The van der Waals surface area contributed by atoms with Crippen molar-refractivity contribution in [1.29, 1.82) is 0 Å². The van der Waals surface area contributed by atoms with Crippen molar-refractivity contribution in [2.24, 2.45) is 0 Å². The van der Waals surface area contributed by atoms with Crippen molar-refractivity contribution < 1.29 is 28.2 Å². The maximum absolute atomic E-state index is 14.0. The molecule has 5 rings (SSSR count). The second-order valence-corrected chi connectivity index (χ2v) is 11.6. The SMILES string of the molecule is CC(C)(C)OC(=O)[C@@H]1CCCN1C(=O)[C@H](Cc1cccc(F)c1)NC(=O)OCC1c2ccccc2-c2ccccc21. The van der Waals surface area contributed by atoms with Crippen molar-refractivity contribution in [3.63, 3.8) is 0 Å². The number of fused-ring (bicyclic) bond motifs is 3. The van der Waals surface area contributed by atoms with Crippen LogP contribution in [0.5, 0.6) is 0 Å². The molecule has 3 aromatic rings. The average Bonchev–Trinajstić information content (AvgIpc) is 3.54. The third kappa shape index (κ3) is 6.42. The number of likely N-dealkylation sites (tertiary alicyclic amines) is 1. The molecule has 0 radical (unpaired) electrons. The molecule has 1 aliphatic heterocycles. The first-order valence-corrected chi connectivity index (χ1v) is 14.0. The van der Waals surface area contributed by atoms with E-state index in [4.69, 9.17) is 9.47 Å². The van der Waals surface area contributed by atoms with Crippen LogP contribution in [0.3, 0.4) is 0 Å². The molecule has 2 amide bonds. The summed E-state index contributed by atoms with van der Waals surface area (Å²) >= 11 is 0. The molecule has 1 fully saturated rings. The summed E-state index contributed by atoms with van der Waals surface area (Å²) in [6.45, 7) is 5.77. The number of carbonyl (C=O) groups excluding carboxylic acids is 3. The van der Waals surface area contributed by atoms with Gasteiger partial charge < -0.3 is 19.7 Å². The number of carbonyl (C=O) groups is 3. The van der Waals surface area contributed by atoms with Gasteiger partial charge in [0.05, 0.1) is 0 Å². The summed E-state index contributed by atoms with van der Waals surface area (Å²) in [5.74, 6) is -1.49. The third-order valence-corrected chi connectivity index (χ3v) is 7.48. The Morgan fingerprint density at radius 1 is 0.976 bits per heavy atom. The van der Waals surface area contributed by atoms with Gasteiger partial charge in [-0.15, -0.1) is 0 Å². The van der Waals surface area contributed by atoms with E-state index in [0.29, 0.717) is 24.9 Å². The molecule has 0 unspecified atom stereocenters. The second kappa shape index (κ2) is 11.7. The fourth-order valence-electron chi connectivity index (χ4n) is 5.73. The number of amides is 2. The van der Waals surface area contributed by atoms with Crippen molar-refractivity contribution in [2.45, 2.75) is 63.6 Å². The molecule has 1 aliphatic carbocycles. The van der Waals surface area contributed by atoms with Gasteiger partial charge in [-0.1, -0.05) is 60.7 Å². The Bertz CT molecular complexity index is 1400. The minimum atomic E-state index is -1.06. The van der Waals surface area contributed by atoms with Gasteiger partial charge in [0, 0.05) is 18.9 Å². The average molecular weight is 559 g/mol. The van der Waals surface area contributed by atoms with Crippen LogP contribution in [0.4, 0.5) is 9.18 Å². The number of nitrogens with zero attached hydrogens (tertiary/aromatic N) is 1. The Morgan fingerprint density at radius 2 is 1.63 bits per heavy atom. The summed E-state index contributed by atoms with van der Waals surface area (Å²) in [5, 5.41) is 2.71. The first-order chi connectivity index (χ1) is 19.6. The zero-order valence-electron chi connectivity index (χ0n) is 23.6. The second-order valence-electron chi connectivity index (χ2n) is 11.6. The van der Waals surface area contributed by atoms with E-state index < -0.39 is 41.5 Å². The molecule has 0 saturated carbocycles. The normalized spacial score (nSPS) is 17.0. The summed E-state index contributed by atoms with van der Waals surface area (Å²) in [6.07, 6.45) is 0.388. The summed E-state index contributed by atoms with van der Waals surface area (Å²) in [5.41, 5.74) is 4.21. The topological polar surface area (TPSA) is 84.9 Å². The first-order valence-electron chi connectivity index (χ1n) is 14.0. The van der Waals surface area contributed by atoms with Gasteiger partial charge in [0.15, 0.2) is 0 Å². The van der Waals surface area contributed by atoms with Gasteiger partial charge >= 0.3 is 12.1 Å². The monoisotopic (exact) mass is 558 g/mol. The number of halogens is 1. The van der Waals surface area contributed by atoms with Gasteiger partial charge in [-0.25, -0.2) is 14.0 Å². The van der Waals surface area contributed by atoms with Crippen LogP contribution in [0.2, 0.25) is 0 Å². The van der Waals surface area contributed by atoms with Crippen LogP contribution in [0.1, 0.15) is 56.2 Å². The molecule has 1 saturated heterocycles. The van der Waals surface area contributed by atoms with Crippen molar-refractivity contribution >= 4 is 18.0 Å². The Hall–Kier alpha value is -4.20. The number of benzene rings is 3. The molecule has 0 bridgehead atoms. The molecule has 0 spiro atoms. The van der Waals surface area contributed by atoms with Crippen molar-refractivity contribution in [1.82, 2.24) is 10.2 Å².